The molecule has 3 nitrogen and oxygen atoms in total. The molecule has 2 rings (SSSR count). The van der Waals surface area contributed by atoms with Crippen molar-refractivity contribution < 1.29 is 0 Å². The normalized spacial score (nSPS) is 15.2. The van der Waals surface area contributed by atoms with Gasteiger partial charge in [0.2, 0.25) is 0 Å². The summed E-state index contributed by atoms with van der Waals surface area (Å²) in [5.41, 5.74) is 7.10. The van der Waals surface area contributed by atoms with Crippen LogP contribution in [-0.4, -0.2) is 17.6 Å². The van der Waals surface area contributed by atoms with Gasteiger partial charge in [-0.3, -0.25) is 0 Å². The maximum atomic E-state index is 5.86. The van der Waals surface area contributed by atoms with Gasteiger partial charge in [-0.25, -0.2) is 4.98 Å². The SMILES string of the molecule is CCCc1nc(N(CCC(C)C)C2CC2)sc1CN. The van der Waals surface area contributed by atoms with Crippen molar-refractivity contribution in [2.75, 3.05) is 11.4 Å². The molecule has 0 saturated heterocycles. The maximum absolute atomic E-state index is 5.86. The summed E-state index contributed by atoms with van der Waals surface area (Å²) in [4.78, 5) is 8.69. The molecule has 0 radical (unpaired) electrons. The van der Waals surface area contributed by atoms with Crippen LogP contribution < -0.4 is 10.6 Å². The Kier molecular flexibility index (Phi) is 5.22. The lowest BCUT2D eigenvalue weighted by Gasteiger charge is -2.22. The lowest BCUT2D eigenvalue weighted by molar-refractivity contribution is 0.570. The first-order valence-corrected chi connectivity index (χ1v) is 8.42. The van der Waals surface area contributed by atoms with Gasteiger partial charge in [0.05, 0.1) is 5.69 Å². The number of nitrogens with two attached hydrogens (primary N) is 1. The van der Waals surface area contributed by atoms with Crippen molar-refractivity contribution in [3.05, 3.63) is 10.6 Å². The number of hydrogen-bond donors (Lipinski definition) is 1. The second kappa shape index (κ2) is 6.71. The van der Waals surface area contributed by atoms with E-state index in [-0.39, 0.29) is 0 Å². The molecular formula is C15H27N3S. The summed E-state index contributed by atoms with van der Waals surface area (Å²) >= 11 is 1.82. The first-order chi connectivity index (χ1) is 9.15. The number of hydrogen-bond acceptors (Lipinski definition) is 4. The predicted octanol–water partition coefficient (Wildman–Crippen LogP) is 3.57. The molecule has 1 saturated carbocycles. The van der Waals surface area contributed by atoms with Gasteiger partial charge < -0.3 is 10.6 Å². The highest BCUT2D eigenvalue weighted by molar-refractivity contribution is 7.15. The van der Waals surface area contributed by atoms with Crippen LogP contribution in [0.3, 0.4) is 0 Å². The highest BCUT2D eigenvalue weighted by atomic mass is 32.1. The fourth-order valence-corrected chi connectivity index (χ4v) is 3.38. The van der Waals surface area contributed by atoms with Crippen molar-refractivity contribution in [1.82, 2.24) is 4.98 Å². The number of nitrogens with zero attached hydrogens (tertiary/aromatic N) is 2. The van der Waals surface area contributed by atoms with Crippen LogP contribution in [0.4, 0.5) is 5.13 Å². The van der Waals surface area contributed by atoms with Crippen LogP contribution >= 0.6 is 11.3 Å². The third-order valence-electron chi connectivity index (χ3n) is 3.62. The number of aryl methyl sites for hydroxylation is 1. The summed E-state index contributed by atoms with van der Waals surface area (Å²) in [6, 6.07) is 0.741. The third kappa shape index (κ3) is 3.93. The molecule has 0 aromatic carbocycles. The standard InChI is InChI=1S/C15H27N3S/c1-4-5-13-14(10-16)19-15(17-13)18(12-6-7-12)9-8-11(2)3/h11-12H,4-10,16H2,1-3H3. The summed E-state index contributed by atoms with van der Waals surface area (Å²) in [5.74, 6) is 0.755. The first-order valence-electron chi connectivity index (χ1n) is 7.61. The smallest absolute Gasteiger partial charge is 0.186 e. The van der Waals surface area contributed by atoms with Crippen LogP contribution in [0.2, 0.25) is 0 Å². The lowest BCUT2D eigenvalue weighted by Crippen LogP contribution is -2.27. The highest BCUT2D eigenvalue weighted by Gasteiger charge is 2.31. The fraction of sp³-hybridized carbons (Fsp3) is 0.800. The van der Waals surface area contributed by atoms with Gasteiger partial charge in [0.15, 0.2) is 5.13 Å². The molecule has 1 fully saturated rings. The summed E-state index contributed by atoms with van der Waals surface area (Å²) < 4.78 is 0. The molecule has 0 aliphatic heterocycles. The van der Waals surface area contributed by atoms with Crippen molar-refractivity contribution in [2.45, 2.75) is 65.5 Å². The van der Waals surface area contributed by atoms with Crippen molar-refractivity contribution in [2.24, 2.45) is 11.7 Å². The molecule has 1 aliphatic rings. The third-order valence-corrected chi connectivity index (χ3v) is 4.78. The molecule has 108 valence electrons. The van der Waals surface area contributed by atoms with E-state index in [2.05, 4.69) is 25.7 Å². The van der Waals surface area contributed by atoms with Crippen molar-refractivity contribution in [3.63, 3.8) is 0 Å². The molecule has 0 unspecified atom stereocenters. The minimum Gasteiger partial charge on any atom is -0.345 e. The largest absolute Gasteiger partial charge is 0.345 e. The Hall–Kier alpha value is -0.610. The fourth-order valence-electron chi connectivity index (χ4n) is 2.30. The molecule has 1 heterocycles. The zero-order chi connectivity index (χ0) is 13.8. The van der Waals surface area contributed by atoms with Crippen molar-refractivity contribution in [1.29, 1.82) is 0 Å². The minimum absolute atomic E-state index is 0.635. The predicted molar refractivity (Wildman–Crippen MR) is 83.8 cm³/mol. The van der Waals surface area contributed by atoms with Crippen LogP contribution in [0, 0.1) is 5.92 Å². The van der Waals surface area contributed by atoms with Gasteiger partial charge in [0, 0.05) is 24.0 Å². The van der Waals surface area contributed by atoms with Crippen LogP contribution in [0.1, 0.15) is 57.0 Å². The molecule has 0 atom stereocenters. The van der Waals surface area contributed by atoms with E-state index in [4.69, 9.17) is 10.7 Å². The molecule has 2 N–H and O–H groups in total. The van der Waals surface area contributed by atoms with Crippen LogP contribution in [0.15, 0.2) is 0 Å². The number of thiazole rings is 1. The molecule has 19 heavy (non-hydrogen) atoms. The van der Waals surface area contributed by atoms with E-state index >= 15 is 0 Å². The van der Waals surface area contributed by atoms with E-state index < -0.39 is 0 Å². The second-order valence-corrected chi connectivity index (χ2v) is 6.99. The summed E-state index contributed by atoms with van der Waals surface area (Å²) in [6.07, 6.45) is 6.12. The molecule has 0 amide bonds. The van der Waals surface area contributed by atoms with Gasteiger partial charge in [0.25, 0.3) is 0 Å². The number of anilines is 1. The molecule has 1 aliphatic carbocycles. The molecule has 0 spiro atoms. The van der Waals surface area contributed by atoms with E-state index in [1.807, 2.05) is 11.3 Å². The highest BCUT2D eigenvalue weighted by Crippen LogP contribution is 2.36. The van der Waals surface area contributed by atoms with Crippen LogP contribution in [0.25, 0.3) is 0 Å². The maximum Gasteiger partial charge on any atom is 0.186 e. The number of rotatable bonds is 8. The zero-order valence-corrected chi connectivity index (χ0v) is 13.3. The quantitative estimate of drug-likeness (QED) is 0.792. The minimum atomic E-state index is 0.635. The van der Waals surface area contributed by atoms with E-state index in [1.54, 1.807) is 0 Å². The lowest BCUT2D eigenvalue weighted by atomic mass is 10.1. The Labute approximate surface area is 121 Å². The summed E-state index contributed by atoms with van der Waals surface area (Å²) in [7, 11) is 0. The first kappa shape index (κ1) is 14.8. The Morgan fingerprint density at radius 2 is 2.16 bits per heavy atom. The van der Waals surface area contributed by atoms with Gasteiger partial charge in [-0.1, -0.05) is 27.2 Å². The van der Waals surface area contributed by atoms with E-state index in [9.17, 15) is 0 Å². The van der Waals surface area contributed by atoms with Crippen molar-refractivity contribution >= 4 is 16.5 Å². The molecular weight excluding hydrogens is 254 g/mol. The Morgan fingerprint density at radius 1 is 1.42 bits per heavy atom. The van der Waals surface area contributed by atoms with E-state index in [0.717, 1.165) is 31.3 Å². The number of aromatic nitrogens is 1. The topological polar surface area (TPSA) is 42.2 Å². The van der Waals surface area contributed by atoms with Gasteiger partial charge in [-0.2, -0.15) is 0 Å². The van der Waals surface area contributed by atoms with Gasteiger partial charge >= 0.3 is 0 Å². The van der Waals surface area contributed by atoms with E-state index in [1.165, 1.54) is 35.0 Å². The molecule has 1 aromatic heterocycles. The Morgan fingerprint density at radius 3 is 2.68 bits per heavy atom. The van der Waals surface area contributed by atoms with Crippen LogP contribution in [-0.2, 0) is 13.0 Å². The molecule has 1 aromatic rings. The second-order valence-electron chi connectivity index (χ2n) is 5.93. The Bertz CT molecular complexity index is 396. The summed E-state index contributed by atoms with van der Waals surface area (Å²) in [5, 5.41) is 1.21. The van der Waals surface area contributed by atoms with Gasteiger partial charge in [-0.15, -0.1) is 11.3 Å². The molecule has 0 bridgehead atoms. The summed E-state index contributed by atoms with van der Waals surface area (Å²) in [6.45, 7) is 8.57. The average Bonchev–Trinajstić information content (AvgIpc) is 3.12. The molecule has 4 heteroatoms. The van der Waals surface area contributed by atoms with Crippen molar-refractivity contribution in [3.8, 4) is 0 Å². The van der Waals surface area contributed by atoms with Gasteiger partial charge in [0.1, 0.15) is 0 Å². The Balaban J connectivity index is 2.11. The van der Waals surface area contributed by atoms with E-state index in [0.29, 0.717) is 6.54 Å². The van der Waals surface area contributed by atoms with Gasteiger partial charge in [-0.05, 0) is 31.6 Å². The zero-order valence-electron chi connectivity index (χ0n) is 12.5. The average molecular weight is 281 g/mol. The van der Waals surface area contributed by atoms with Crippen LogP contribution in [0.5, 0.6) is 0 Å². The monoisotopic (exact) mass is 281 g/mol.